The molecule has 8 nitrogen and oxygen atoms in total. The van der Waals surface area contributed by atoms with Crippen LogP contribution in [0.15, 0.2) is 0 Å². The van der Waals surface area contributed by atoms with E-state index < -0.39 is 17.2 Å². The Bertz CT molecular complexity index is 1100. The number of nitrogens with one attached hydrogen (secondary N) is 2. The Hall–Kier alpha value is -1.88. The molecule has 9 rings (SSSR count). The average Bonchev–Trinajstić information content (AvgIpc) is 3.56. The summed E-state index contributed by atoms with van der Waals surface area (Å²) in [6.45, 7) is 3.24. The Morgan fingerprint density at radius 1 is 1.08 bits per heavy atom. The summed E-state index contributed by atoms with van der Waals surface area (Å²) in [5.74, 6) is 2.21. The molecule has 2 aliphatic heterocycles. The fraction of sp³-hybridized carbons (Fsp3) is 0.880. The Balaban J connectivity index is 0.774. The van der Waals surface area contributed by atoms with Crippen molar-refractivity contribution < 1.29 is 23.1 Å². The highest BCUT2D eigenvalue weighted by atomic mass is 19.4. The smallest absolute Gasteiger partial charge is 0.382 e. The summed E-state index contributed by atoms with van der Waals surface area (Å²) in [4.78, 5) is 21.4. The highest BCUT2D eigenvalue weighted by molar-refractivity contribution is 5.76. The van der Waals surface area contributed by atoms with Crippen molar-refractivity contribution in [3.05, 3.63) is 11.6 Å². The van der Waals surface area contributed by atoms with E-state index in [1.165, 1.54) is 0 Å². The minimum absolute atomic E-state index is 0.0687. The second-order valence-corrected chi connectivity index (χ2v) is 13.7. The van der Waals surface area contributed by atoms with Crippen LogP contribution in [0, 0.1) is 22.2 Å². The van der Waals surface area contributed by atoms with Crippen LogP contribution in [0.3, 0.4) is 0 Å². The predicted molar refractivity (Wildman–Crippen MR) is 121 cm³/mol. The number of carbonyl (C=O) groups is 1. The molecule has 36 heavy (non-hydrogen) atoms. The molecular weight excluding hydrogens is 473 g/mol. The molecule has 6 aliphatic carbocycles. The van der Waals surface area contributed by atoms with E-state index in [9.17, 15) is 23.1 Å². The number of alkyl halides is 3. The SMILES string of the molecule is O=C(N1CC(C23CC(NCC4(C(F)(F)F)CC4)(C2)C3)C1)N1CC2(CC(c3nc(C4(O)CC4)n[nH]3)C2)C1. The largest absolute Gasteiger partial charge is 0.395 e. The van der Waals surface area contributed by atoms with E-state index in [-0.39, 0.29) is 41.8 Å². The number of rotatable bonds is 6. The first-order valence-corrected chi connectivity index (χ1v) is 13.5. The van der Waals surface area contributed by atoms with Gasteiger partial charge in [-0.3, -0.25) is 5.10 Å². The molecule has 3 N–H and O–H groups in total. The zero-order chi connectivity index (χ0) is 24.8. The van der Waals surface area contributed by atoms with Crippen LogP contribution in [0.5, 0.6) is 0 Å². The maximum atomic E-state index is 13.2. The van der Waals surface area contributed by atoms with Gasteiger partial charge in [-0.05, 0) is 63.2 Å². The number of aliphatic hydroxyl groups is 1. The topological polar surface area (TPSA) is 97.4 Å². The average molecular weight is 507 g/mol. The van der Waals surface area contributed by atoms with E-state index in [0.717, 1.165) is 76.9 Å². The maximum Gasteiger partial charge on any atom is 0.395 e. The number of H-pyrrole nitrogens is 1. The molecule has 2 saturated heterocycles. The van der Waals surface area contributed by atoms with Crippen LogP contribution >= 0.6 is 0 Å². The molecule has 0 unspecified atom stereocenters. The summed E-state index contributed by atoms with van der Waals surface area (Å²) >= 11 is 0. The quantitative estimate of drug-likeness (QED) is 0.551. The van der Waals surface area contributed by atoms with Gasteiger partial charge in [-0.2, -0.15) is 18.3 Å². The molecule has 6 saturated carbocycles. The van der Waals surface area contributed by atoms with Gasteiger partial charge >= 0.3 is 12.2 Å². The fourth-order valence-electron chi connectivity index (χ4n) is 8.12. The second kappa shape index (κ2) is 6.39. The Morgan fingerprint density at radius 3 is 2.33 bits per heavy atom. The van der Waals surface area contributed by atoms with Gasteiger partial charge in [-0.15, -0.1) is 0 Å². The highest BCUT2D eigenvalue weighted by Gasteiger charge is 2.73. The van der Waals surface area contributed by atoms with Crippen LogP contribution < -0.4 is 5.32 Å². The Morgan fingerprint density at radius 2 is 1.75 bits per heavy atom. The normalized spacial score (nSPS) is 36.9. The molecule has 2 amide bonds. The van der Waals surface area contributed by atoms with Crippen molar-refractivity contribution in [2.75, 3.05) is 32.7 Å². The van der Waals surface area contributed by atoms with Crippen LogP contribution in [-0.2, 0) is 5.60 Å². The van der Waals surface area contributed by atoms with Crippen LogP contribution in [0.25, 0.3) is 0 Å². The molecular formula is C25H33F3N6O2. The molecule has 1 aromatic rings. The zero-order valence-corrected chi connectivity index (χ0v) is 20.3. The third-order valence-corrected chi connectivity index (χ3v) is 11.1. The standard InChI is InChI=1S/C25H33F3N6O2/c26-25(27,28)22(1-2-22)12-29-23-9-21(10-23,11-23)16-7-33(8-16)19(35)34-13-20(14-34)5-15(6-20)17-30-18(32-31-17)24(36)3-4-24/h15-16,29,36H,1-14H2,(H,30,31,32). The van der Waals surface area contributed by atoms with Crippen molar-refractivity contribution in [1.82, 2.24) is 30.3 Å². The van der Waals surface area contributed by atoms with Crippen molar-refractivity contribution in [3.8, 4) is 0 Å². The molecule has 0 aromatic carbocycles. The lowest BCUT2D eigenvalue weighted by Crippen LogP contribution is -2.80. The number of urea groups is 1. The van der Waals surface area contributed by atoms with E-state index >= 15 is 0 Å². The number of hydrogen-bond acceptors (Lipinski definition) is 5. The lowest BCUT2D eigenvalue weighted by molar-refractivity contribution is -0.226. The molecule has 196 valence electrons. The Kier molecular flexibility index (Phi) is 3.93. The summed E-state index contributed by atoms with van der Waals surface area (Å²) in [6.07, 6.45) is 2.79. The molecule has 2 bridgehead atoms. The number of aromatic amines is 1. The van der Waals surface area contributed by atoms with Gasteiger partial charge in [0.25, 0.3) is 0 Å². The lowest BCUT2D eigenvalue weighted by atomic mass is 9.35. The minimum Gasteiger partial charge on any atom is -0.382 e. The number of halogens is 3. The minimum atomic E-state index is -4.09. The van der Waals surface area contributed by atoms with Gasteiger partial charge in [0.1, 0.15) is 11.4 Å². The molecule has 8 aliphatic rings. The van der Waals surface area contributed by atoms with Crippen LogP contribution in [0.1, 0.15) is 75.4 Å². The summed E-state index contributed by atoms with van der Waals surface area (Å²) in [5.41, 5.74) is -1.90. The lowest BCUT2D eigenvalue weighted by Gasteiger charge is -2.76. The van der Waals surface area contributed by atoms with E-state index in [2.05, 4.69) is 20.5 Å². The van der Waals surface area contributed by atoms with Gasteiger partial charge in [-0.1, -0.05) is 0 Å². The number of carbonyl (C=O) groups excluding carboxylic acids is 1. The predicted octanol–water partition coefficient (Wildman–Crippen LogP) is 2.87. The van der Waals surface area contributed by atoms with Gasteiger partial charge in [-0.25, -0.2) is 9.78 Å². The molecule has 11 heteroatoms. The molecule has 1 spiro atoms. The number of amides is 2. The van der Waals surface area contributed by atoms with Gasteiger partial charge in [0.05, 0.1) is 5.41 Å². The first-order chi connectivity index (χ1) is 17.0. The van der Waals surface area contributed by atoms with E-state index in [0.29, 0.717) is 17.7 Å². The first-order valence-electron chi connectivity index (χ1n) is 13.5. The van der Waals surface area contributed by atoms with Crippen molar-refractivity contribution in [2.24, 2.45) is 22.2 Å². The van der Waals surface area contributed by atoms with E-state index in [1.54, 1.807) is 0 Å². The highest BCUT2D eigenvalue weighted by Crippen LogP contribution is 2.72. The summed E-state index contributed by atoms with van der Waals surface area (Å²) < 4.78 is 39.6. The number of aromatic nitrogens is 3. The summed E-state index contributed by atoms with van der Waals surface area (Å²) in [6, 6.07) is 0.138. The van der Waals surface area contributed by atoms with E-state index in [4.69, 9.17) is 0 Å². The summed E-state index contributed by atoms with van der Waals surface area (Å²) in [5, 5.41) is 20.7. The van der Waals surface area contributed by atoms with Crippen molar-refractivity contribution in [1.29, 1.82) is 0 Å². The zero-order valence-electron chi connectivity index (χ0n) is 20.3. The van der Waals surface area contributed by atoms with Gasteiger partial charge in [0.2, 0.25) is 0 Å². The van der Waals surface area contributed by atoms with Crippen molar-refractivity contribution in [3.63, 3.8) is 0 Å². The first kappa shape index (κ1) is 22.1. The monoisotopic (exact) mass is 506 g/mol. The fourth-order valence-corrected chi connectivity index (χ4v) is 8.12. The van der Waals surface area contributed by atoms with Gasteiger partial charge in [0.15, 0.2) is 5.82 Å². The third kappa shape index (κ3) is 2.93. The van der Waals surface area contributed by atoms with Crippen molar-refractivity contribution >= 4 is 6.03 Å². The van der Waals surface area contributed by atoms with Crippen molar-refractivity contribution in [2.45, 2.75) is 81.0 Å². The maximum absolute atomic E-state index is 13.2. The van der Waals surface area contributed by atoms with Crippen LogP contribution in [0.2, 0.25) is 0 Å². The molecule has 0 atom stereocenters. The molecule has 3 heterocycles. The second-order valence-electron chi connectivity index (χ2n) is 13.7. The number of hydrogen-bond donors (Lipinski definition) is 3. The Labute approximate surface area is 207 Å². The molecule has 0 radical (unpaired) electrons. The van der Waals surface area contributed by atoms with E-state index in [1.807, 2.05) is 9.80 Å². The number of nitrogens with zero attached hydrogens (tertiary/aromatic N) is 4. The van der Waals surface area contributed by atoms with Crippen LogP contribution in [-0.4, -0.2) is 80.6 Å². The van der Waals surface area contributed by atoms with Gasteiger partial charge in [0, 0.05) is 55.5 Å². The van der Waals surface area contributed by atoms with Crippen LogP contribution in [0.4, 0.5) is 18.0 Å². The summed E-state index contributed by atoms with van der Waals surface area (Å²) in [7, 11) is 0. The molecule has 8 fully saturated rings. The molecule has 1 aromatic heterocycles. The third-order valence-electron chi connectivity index (χ3n) is 11.1. The number of likely N-dealkylation sites (tertiary alicyclic amines) is 2. The van der Waals surface area contributed by atoms with Gasteiger partial charge < -0.3 is 20.2 Å².